The molecule has 1 aliphatic heterocycles. The van der Waals surface area contributed by atoms with Crippen molar-refractivity contribution in [3.8, 4) is 5.88 Å². The Labute approximate surface area is 182 Å². The number of hydrogen-bond donors (Lipinski definition) is 3. The molecule has 166 valence electrons. The fourth-order valence-corrected chi connectivity index (χ4v) is 5.12. The zero-order valence-electron chi connectivity index (χ0n) is 16.7. The maximum atomic E-state index is 12.7. The van der Waals surface area contributed by atoms with Gasteiger partial charge < -0.3 is 5.11 Å². The second-order valence-corrected chi connectivity index (χ2v) is 9.12. The first kappa shape index (κ1) is 21.5. The summed E-state index contributed by atoms with van der Waals surface area (Å²) in [5.74, 6) is -0.402. The summed E-state index contributed by atoms with van der Waals surface area (Å²) < 4.78 is 26.7. The number of sulfonamides is 1. The third-order valence-corrected chi connectivity index (χ3v) is 7.09. The quantitative estimate of drug-likeness (QED) is 0.291. The van der Waals surface area contributed by atoms with Gasteiger partial charge >= 0.3 is 0 Å². The molecule has 12 heteroatoms. The Morgan fingerprint density at radius 3 is 2.53 bits per heavy atom. The second-order valence-electron chi connectivity index (χ2n) is 7.18. The van der Waals surface area contributed by atoms with E-state index in [0.717, 1.165) is 18.9 Å². The van der Waals surface area contributed by atoms with E-state index < -0.39 is 32.1 Å². The highest BCUT2D eigenvalue weighted by molar-refractivity contribution is 7.89. The summed E-state index contributed by atoms with van der Waals surface area (Å²) >= 11 is 0. The SMILES string of the molecule is O=c1[nH]c(O)c(/C=N/Nc2ccc(S(=O)(=O)N3CCCC3)cc2[N+](=O)[O-])c2ccccc12. The van der Waals surface area contributed by atoms with Crippen LogP contribution in [0.5, 0.6) is 5.88 Å². The molecule has 11 nitrogen and oxygen atoms in total. The van der Waals surface area contributed by atoms with Gasteiger partial charge in [0.25, 0.3) is 11.2 Å². The van der Waals surface area contributed by atoms with Gasteiger partial charge in [-0.3, -0.25) is 25.3 Å². The van der Waals surface area contributed by atoms with Crippen molar-refractivity contribution in [3.63, 3.8) is 0 Å². The number of aromatic nitrogens is 1. The number of pyridine rings is 1. The molecule has 0 spiro atoms. The van der Waals surface area contributed by atoms with Gasteiger partial charge in [0, 0.05) is 29.9 Å². The van der Waals surface area contributed by atoms with Crippen LogP contribution in [0.4, 0.5) is 11.4 Å². The van der Waals surface area contributed by atoms with Gasteiger partial charge in [-0.15, -0.1) is 0 Å². The third-order valence-electron chi connectivity index (χ3n) is 5.20. The lowest BCUT2D eigenvalue weighted by atomic mass is 10.1. The largest absolute Gasteiger partial charge is 0.494 e. The summed E-state index contributed by atoms with van der Waals surface area (Å²) in [6.07, 6.45) is 2.72. The molecule has 0 radical (unpaired) electrons. The van der Waals surface area contributed by atoms with E-state index in [2.05, 4.69) is 15.5 Å². The Balaban J connectivity index is 1.66. The monoisotopic (exact) mass is 457 g/mol. The number of nitro groups is 1. The Morgan fingerprint density at radius 2 is 1.84 bits per heavy atom. The minimum Gasteiger partial charge on any atom is -0.494 e. The number of nitro benzene ring substituents is 1. The fraction of sp³-hybridized carbons (Fsp3) is 0.200. The van der Waals surface area contributed by atoms with Crippen molar-refractivity contribution in [2.75, 3.05) is 18.5 Å². The number of rotatable bonds is 6. The van der Waals surface area contributed by atoms with Crippen LogP contribution in [0.15, 0.2) is 57.3 Å². The summed E-state index contributed by atoms with van der Waals surface area (Å²) in [6, 6.07) is 10.1. The lowest BCUT2D eigenvalue weighted by molar-refractivity contribution is -0.384. The van der Waals surface area contributed by atoms with Gasteiger partial charge in [-0.1, -0.05) is 18.2 Å². The number of nitrogens with one attached hydrogen (secondary N) is 2. The van der Waals surface area contributed by atoms with Gasteiger partial charge in [0.05, 0.1) is 21.6 Å². The van der Waals surface area contributed by atoms with Gasteiger partial charge in [-0.05, 0) is 31.0 Å². The van der Waals surface area contributed by atoms with Crippen molar-refractivity contribution in [1.82, 2.24) is 9.29 Å². The summed E-state index contributed by atoms with van der Waals surface area (Å²) in [5.41, 5.74) is 1.77. The molecule has 32 heavy (non-hydrogen) atoms. The Bertz CT molecular complexity index is 1390. The third kappa shape index (κ3) is 3.92. The van der Waals surface area contributed by atoms with E-state index in [0.29, 0.717) is 23.9 Å². The minimum absolute atomic E-state index is 0.0279. The number of benzene rings is 2. The molecule has 1 fully saturated rings. The normalized spacial score (nSPS) is 14.9. The Morgan fingerprint density at radius 1 is 1.16 bits per heavy atom. The molecule has 0 aliphatic carbocycles. The maximum absolute atomic E-state index is 12.7. The van der Waals surface area contributed by atoms with Gasteiger partial charge in [-0.2, -0.15) is 9.41 Å². The van der Waals surface area contributed by atoms with Crippen LogP contribution in [0.2, 0.25) is 0 Å². The highest BCUT2D eigenvalue weighted by atomic mass is 32.2. The Kier molecular flexibility index (Phi) is 5.63. The summed E-state index contributed by atoms with van der Waals surface area (Å²) in [6.45, 7) is 0.772. The van der Waals surface area contributed by atoms with E-state index in [9.17, 15) is 28.4 Å². The van der Waals surface area contributed by atoms with Gasteiger partial charge in [-0.25, -0.2) is 8.42 Å². The molecular formula is C20H19N5O6S. The van der Waals surface area contributed by atoms with Gasteiger partial charge in [0.2, 0.25) is 15.9 Å². The summed E-state index contributed by atoms with van der Waals surface area (Å²) in [4.78, 5) is 25.0. The molecule has 0 unspecified atom stereocenters. The molecule has 2 heterocycles. The molecule has 0 atom stereocenters. The second kappa shape index (κ2) is 8.40. The van der Waals surface area contributed by atoms with Crippen molar-refractivity contribution in [2.45, 2.75) is 17.7 Å². The van der Waals surface area contributed by atoms with Gasteiger partial charge in [0.1, 0.15) is 5.69 Å². The fourth-order valence-electron chi connectivity index (χ4n) is 3.58. The lowest BCUT2D eigenvalue weighted by Gasteiger charge is -2.15. The molecule has 1 saturated heterocycles. The van der Waals surface area contributed by atoms with Crippen LogP contribution in [0, 0.1) is 10.1 Å². The molecule has 1 aromatic heterocycles. The molecule has 2 aromatic carbocycles. The molecule has 1 aliphatic rings. The van der Waals surface area contributed by atoms with Gasteiger partial charge in [0.15, 0.2) is 0 Å². The number of hydrazone groups is 1. The average molecular weight is 457 g/mol. The summed E-state index contributed by atoms with van der Waals surface area (Å²) in [5, 5.41) is 26.4. The topological polar surface area (TPSA) is 158 Å². The molecule has 0 amide bonds. The van der Waals surface area contributed by atoms with Crippen LogP contribution >= 0.6 is 0 Å². The van der Waals surface area contributed by atoms with Crippen molar-refractivity contribution in [2.24, 2.45) is 5.10 Å². The van der Waals surface area contributed by atoms with Crippen molar-refractivity contribution in [3.05, 3.63) is 68.5 Å². The van der Waals surface area contributed by atoms with E-state index in [4.69, 9.17) is 0 Å². The van der Waals surface area contributed by atoms with Crippen molar-refractivity contribution >= 4 is 38.4 Å². The molecule has 3 aromatic rings. The van der Waals surface area contributed by atoms with Crippen LogP contribution in [0.3, 0.4) is 0 Å². The number of aromatic amines is 1. The number of H-pyrrole nitrogens is 1. The van der Waals surface area contributed by atoms with Crippen LogP contribution in [-0.4, -0.2) is 47.0 Å². The van der Waals surface area contributed by atoms with Crippen molar-refractivity contribution in [1.29, 1.82) is 0 Å². The standard InChI is InChI=1S/C20H19N5O6S/c26-19-15-6-2-1-5-14(15)16(20(27)22-19)12-21-23-17-8-7-13(11-18(17)25(28)29)32(30,31)24-9-3-4-10-24/h1-2,5-8,11-12,23H,3-4,9-10H2,(H2,22,26,27)/b21-12+. The predicted octanol–water partition coefficient (Wildman–Crippen LogP) is 2.37. The van der Waals surface area contributed by atoms with E-state index in [1.54, 1.807) is 24.3 Å². The predicted molar refractivity (Wildman–Crippen MR) is 119 cm³/mol. The maximum Gasteiger partial charge on any atom is 0.295 e. The Hall–Kier alpha value is -3.77. The van der Waals surface area contributed by atoms with Crippen molar-refractivity contribution < 1.29 is 18.4 Å². The van der Waals surface area contributed by atoms with Crippen LogP contribution < -0.4 is 11.0 Å². The van der Waals surface area contributed by atoms with E-state index in [1.165, 1.54) is 22.7 Å². The molecular weight excluding hydrogens is 438 g/mol. The van der Waals surface area contributed by atoms with Crippen LogP contribution in [0.1, 0.15) is 18.4 Å². The number of anilines is 1. The molecule has 0 saturated carbocycles. The number of aromatic hydroxyl groups is 1. The van der Waals surface area contributed by atoms with E-state index in [1.807, 2.05) is 0 Å². The minimum atomic E-state index is -3.81. The van der Waals surface area contributed by atoms with Crippen LogP contribution in [0.25, 0.3) is 10.8 Å². The number of hydrogen-bond acceptors (Lipinski definition) is 8. The highest BCUT2D eigenvalue weighted by Gasteiger charge is 2.29. The van der Waals surface area contributed by atoms with Crippen LogP contribution in [-0.2, 0) is 10.0 Å². The first-order chi connectivity index (χ1) is 15.3. The molecule has 3 N–H and O–H groups in total. The van der Waals surface area contributed by atoms with E-state index >= 15 is 0 Å². The summed E-state index contributed by atoms with van der Waals surface area (Å²) in [7, 11) is -3.81. The zero-order valence-corrected chi connectivity index (χ0v) is 17.5. The zero-order chi connectivity index (χ0) is 22.9. The van der Waals surface area contributed by atoms with E-state index in [-0.39, 0.29) is 16.1 Å². The number of fused-ring (bicyclic) bond motifs is 1. The average Bonchev–Trinajstić information content (AvgIpc) is 3.32. The smallest absolute Gasteiger partial charge is 0.295 e. The number of nitrogens with zero attached hydrogens (tertiary/aromatic N) is 3. The first-order valence-corrected chi connectivity index (χ1v) is 11.1. The first-order valence-electron chi connectivity index (χ1n) is 9.70. The molecule has 4 rings (SSSR count). The molecule has 0 bridgehead atoms. The highest BCUT2D eigenvalue weighted by Crippen LogP contribution is 2.30. The lowest BCUT2D eigenvalue weighted by Crippen LogP contribution is -2.27.